The molecule has 2 aromatic rings. The normalized spacial score (nSPS) is 14.2. The van der Waals surface area contributed by atoms with Crippen molar-refractivity contribution in [1.82, 2.24) is 14.8 Å². The van der Waals surface area contributed by atoms with Gasteiger partial charge in [-0.25, -0.2) is 8.42 Å². The first-order chi connectivity index (χ1) is 13.7. The second-order valence-electron chi connectivity index (χ2n) is 7.07. The van der Waals surface area contributed by atoms with E-state index in [0.717, 1.165) is 19.1 Å². The zero-order chi connectivity index (χ0) is 21.2. The van der Waals surface area contributed by atoms with Gasteiger partial charge in [0.15, 0.2) is 5.82 Å². The average molecular weight is 417 g/mol. The molecule has 8 nitrogen and oxygen atoms in total. The Morgan fingerprint density at radius 3 is 2.62 bits per heavy atom. The Kier molecular flexibility index (Phi) is 5.88. The number of allylic oxidation sites excluding steroid dienone is 1. The third-order valence-electron chi connectivity index (χ3n) is 4.48. The van der Waals surface area contributed by atoms with E-state index < -0.39 is 10.0 Å². The van der Waals surface area contributed by atoms with Crippen molar-refractivity contribution in [2.24, 2.45) is 13.0 Å². The summed E-state index contributed by atoms with van der Waals surface area (Å²) in [6.07, 6.45) is 10.0. The molecule has 2 heterocycles. The molecule has 0 aromatic carbocycles. The molecule has 9 heteroatoms. The van der Waals surface area contributed by atoms with Crippen molar-refractivity contribution in [2.45, 2.75) is 19.8 Å². The van der Waals surface area contributed by atoms with E-state index in [1.165, 1.54) is 4.57 Å². The van der Waals surface area contributed by atoms with Crippen molar-refractivity contribution in [3.63, 3.8) is 0 Å². The van der Waals surface area contributed by atoms with E-state index in [0.29, 0.717) is 34.8 Å². The van der Waals surface area contributed by atoms with Crippen LogP contribution in [0.2, 0.25) is 0 Å². The second-order valence-corrected chi connectivity index (χ2v) is 8.82. The van der Waals surface area contributed by atoms with Crippen molar-refractivity contribution >= 4 is 28.0 Å². The van der Waals surface area contributed by atoms with Crippen LogP contribution in [-0.4, -0.2) is 36.0 Å². The summed E-state index contributed by atoms with van der Waals surface area (Å²) < 4.78 is 33.0. The van der Waals surface area contributed by atoms with Crippen molar-refractivity contribution in [1.29, 1.82) is 0 Å². The van der Waals surface area contributed by atoms with Crippen LogP contribution in [0.25, 0.3) is 23.3 Å². The monoisotopic (exact) mass is 416 g/mol. The van der Waals surface area contributed by atoms with Crippen LogP contribution in [0.5, 0.6) is 5.88 Å². The van der Waals surface area contributed by atoms with Gasteiger partial charge in [-0.3, -0.25) is 9.52 Å². The van der Waals surface area contributed by atoms with Gasteiger partial charge in [-0.2, -0.15) is 0 Å². The Balaban J connectivity index is 2.22. The summed E-state index contributed by atoms with van der Waals surface area (Å²) in [5.41, 5.74) is 2.10. The molecule has 0 unspecified atom stereocenters. The standard InChI is InChI=1S/C20H24N4O4S/c1-5-7-15-14(6-2)17(11-24(3)20(15)25)16-10-18(23-29(4,26)27)21-22-19(16)28-12-13-8-9-13/h5-7,10-11,13H,2,8-9,12H2,1,3-4H3,(H,21,23)/b7-5-. The van der Waals surface area contributed by atoms with E-state index in [1.54, 1.807) is 37.5 Å². The Morgan fingerprint density at radius 1 is 1.31 bits per heavy atom. The number of pyridine rings is 1. The van der Waals surface area contributed by atoms with E-state index in [4.69, 9.17) is 4.74 Å². The van der Waals surface area contributed by atoms with Crippen molar-refractivity contribution in [3.8, 4) is 17.0 Å². The number of anilines is 1. The summed E-state index contributed by atoms with van der Waals surface area (Å²) in [5, 5.41) is 8.03. The molecule has 1 aliphatic carbocycles. The molecule has 0 saturated heterocycles. The van der Waals surface area contributed by atoms with Crippen LogP contribution in [0.15, 0.2) is 29.7 Å². The van der Waals surface area contributed by atoms with Crippen molar-refractivity contribution in [2.75, 3.05) is 17.6 Å². The Bertz CT molecular complexity index is 1130. The fourth-order valence-electron chi connectivity index (χ4n) is 2.94. The van der Waals surface area contributed by atoms with Crippen molar-refractivity contribution < 1.29 is 13.2 Å². The highest BCUT2D eigenvalue weighted by Crippen LogP contribution is 2.35. The third-order valence-corrected chi connectivity index (χ3v) is 5.06. The molecule has 1 aliphatic rings. The summed E-state index contributed by atoms with van der Waals surface area (Å²) in [7, 11) is -1.88. The number of nitrogens with zero attached hydrogens (tertiary/aromatic N) is 3. The molecular weight excluding hydrogens is 392 g/mol. The molecule has 0 spiro atoms. The fraction of sp³-hybridized carbons (Fsp3) is 0.350. The second kappa shape index (κ2) is 8.20. The van der Waals surface area contributed by atoms with Gasteiger partial charge in [-0.1, -0.05) is 24.8 Å². The lowest BCUT2D eigenvalue weighted by Gasteiger charge is -2.16. The zero-order valence-corrected chi connectivity index (χ0v) is 17.5. The fourth-order valence-corrected chi connectivity index (χ4v) is 3.42. The predicted molar refractivity (Wildman–Crippen MR) is 114 cm³/mol. The summed E-state index contributed by atoms with van der Waals surface area (Å²) in [4.78, 5) is 12.6. The van der Waals surface area contributed by atoms with E-state index in [1.807, 2.05) is 6.92 Å². The number of hydrogen-bond acceptors (Lipinski definition) is 6. The molecular formula is C20H24N4O4S. The maximum atomic E-state index is 12.6. The number of rotatable bonds is 8. The van der Waals surface area contributed by atoms with Gasteiger partial charge in [0.05, 0.1) is 18.4 Å². The quantitative estimate of drug-likeness (QED) is 0.710. The topological polar surface area (TPSA) is 103 Å². The molecule has 3 rings (SSSR count). The first kappa shape index (κ1) is 20.8. The highest BCUT2D eigenvalue weighted by Gasteiger charge is 2.24. The zero-order valence-electron chi connectivity index (χ0n) is 16.7. The van der Waals surface area contributed by atoms with Crippen LogP contribution >= 0.6 is 0 Å². The first-order valence-electron chi connectivity index (χ1n) is 9.21. The number of aryl methyl sites for hydroxylation is 1. The molecule has 0 atom stereocenters. The Labute approximate surface area is 170 Å². The molecule has 0 radical (unpaired) electrons. The number of sulfonamides is 1. The predicted octanol–water partition coefficient (Wildman–Crippen LogP) is 2.68. The van der Waals surface area contributed by atoms with Gasteiger partial charge in [0, 0.05) is 24.4 Å². The van der Waals surface area contributed by atoms with E-state index >= 15 is 0 Å². The van der Waals surface area contributed by atoms with Crippen molar-refractivity contribution in [3.05, 3.63) is 46.4 Å². The summed E-state index contributed by atoms with van der Waals surface area (Å²) >= 11 is 0. The highest BCUT2D eigenvalue weighted by atomic mass is 32.2. The molecule has 29 heavy (non-hydrogen) atoms. The van der Waals surface area contributed by atoms with E-state index in [2.05, 4.69) is 21.5 Å². The third kappa shape index (κ3) is 4.92. The summed E-state index contributed by atoms with van der Waals surface area (Å²) in [6.45, 7) is 6.19. The minimum Gasteiger partial charge on any atom is -0.476 e. The van der Waals surface area contributed by atoms with Gasteiger partial charge in [-0.05, 0) is 37.3 Å². The molecule has 1 fully saturated rings. The van der Waals surface area contributed by atoms with Crippen LogP contribution in [0, 0.1) is 5.92 Å². The molecule has 0 amide bonds. The molecule has 2 aromatic heterocycles. The minimum atomic E-state index is -3.53. The van der Waals surface area contributed by atoms with E-state index in [-0.39, 0.29) is 17.3 Å². The molecule has 0 aliphatic heterocycles. The Hall–Kier alpha value is -2.94. The van der Waals surface area contributed by atoms with Gasteiger partial charge in [0.1, 0.15) is 0 Å². The lowest BCUT2D eigenvalue weighted by atomic mass is 9.98. The van der Waals surface area contributed by atoms with Gasteiger partial charge < -0.3 is 9.30 Å². The average Bonchev–Trinajstić information content (AvgIpc) is 3.47. The minimum absolute atomic E-state index is 0.0673. The van der Waals surface area contributed by atoms with Crippen LogP contribution in [-0.2, 0) is 17.1 Å². The van der Waals surface area contributed by atoms with Gasteiger partial charge in [-0.15, -0.1) is 10.2 Å². The van der Waals surface area contributed by atoms with Gasteiger partial charge in [0.25, 0.3) is 5.56 Å². The number of ether oxygens (including phenoxy) is 1. The SMILES string of the molecule is C=Cc1c(-c2cc(NS(C)(=O)=O)nnc2OCC2CC2)cn(C)c(=O)c1/C=C\C. The van der Waals surface area contributed by atoms with Gasteiger partial charge >= 0.3 is 0 Å². The maximum absolute atomic E-state index is 12.6. The van der Waals surface area contributed by atoms with Crippen LogP contribution in [0.3, 0.4) is 0 Å². The number of aromatic nitrogens is 3. The largest absolute Gasteiger partial charge is 0.476 e. The molecule has 154 valence electrons. The lowest BCUT2D eigenvalue weighted by Crippen LogP contribution is -2.21. The maximum Gasteiger partial charge on any atom is 0.258 e. The lowest BCUT2D eigenvalue weighted by molar-refractivity contribution is 0.286. The number of hydrogen-bond donors (Lipinski definition) is 1. The van der Waals surface area contributed by atoms with Crippen LogP contribution < -0.4 is 15.0 Å². The highest BCUT2D eigenvalue weighted by molar-refractivity contribution is 7.92. The van der Waals surface area contributed by atoms with E-state index in [9.17, 15) is 13.2 Å². The van der Waals surface area contributed by atoms with Crippen LogP contribution in [0.1, 0.15) is 30.9 Å². The summed E-state index contributed by atoms with van der Waals surface area (Å²) in [5.74, 6) is 0.845. The molecule has 1 N–H and O–H groups in total. The first-order valence-corrected chi connectivity index (χ1v) is 11.1. The summed E-state index contributed by atoms with van der Waals surface area (Å²) in [6, 6.07) is 1.56. The Morgan fingerprint density at radius 2 is 2.03 bits per heavy atom. The molecule has 1 saturated carbocycles. The smallest absolute Gasteiger partial charge is 0.258 e. The van der Waals surface area contributed by atoms with Crippen LogP contribution in [0.4, 0.5) is 5.82 Å². The van der Waals surface area contributed by atoms with Gasteiger partial charge in [0.2, 0.25) is 15.9 Å². The number of nitrogens with one attached hydrogen (secondary N) is 1. The molecule has 0 bridgehead atoms.